The number of carbonyl (C=O) groups is 1. The Balaban J connectivity index is 3.02. The molecule has 2 aliphatic carbocycles. The average Bonchev–Trinajstić information content (AvgIpc) is 2.68. The second kappa shape index (κ2) is 7.38. The molecule has 0 saturated heterocycles. The molecule has 2 fully saturated rings. The lowest BCUT2D eigenvalue weighted by atomic mass is 9.46. The standard InChI is InChI=1S/C16H13ClF14O3/c1-8(20)10(22,7(18)19)15(28,29)12(34-4-3-33-6(32)5-17)14(26,27)9(2,21)13(24,25)11(8,23)16(12,30)31/h7H,3-5H2,1-2H3. The Morgan fingerprint density at radius 1 is 0.735 bits per heavy atom. The van der Waals surface area contributed by atoms with E-state index in [0.717, 1.165) is 0 Å². The Morgan fingerprint density at radius 2 is 1.21 bits per heavy atom. The molecule has 2 rings (SSSR count). The van der Waals surface area contributed by atoms with Gasteiger partial charge in [-0.1, -0.05) is 0 Å². The number of rotatable bonds is 6. The highest BCUT2D eigenvalue weighted by Crippen LogP contribution is 2.80. The summed E-state index contributed by atoms with van der Waals surface area (Å²) in [7, 11) is 0. The molecule has 0 aliphatic heterocycles. The van der Waals surface area contributed by atoms with E-state index in [0.29, 0.717) is 0 Å². The quantitative estimate of drug-likeness (QED) is 0.195. The van der Waals surface area contributed by atoms with Crippen LogP contribution in [0.2, 0.25) is 0 Å². The molecule has 0 aromatic rings. The van der Waals surface area contributed by atoms with Gasteiger partial charge in [-0.2, -0.15) is 35.1 Å². The predicted molar refractivity (Wildman–Crippen MR) is 82.9 cm³/mol. The van der Waals surface area contributed by atoms with Crippen LogP contribution in [0.5, 0.6) is 0 Å². The number of halogens is 15. The van der Waals surface area contributed by atoms with Gasteiger partial charge >= 0.3 is 29.7 Å². The molecule has 0 amide bonds. The fourth-order valence-corrected chi connectivity index (χ4v) is 4.35. The summed E-state index contributed by atoms with van der Waals surface area (Å²) in [4.78, 5) is 10.9. The van der Waals surface area contributed by atoms with Gasteiger partial charge < -0.3 is 9.47 Å². The van der Waals surface area contributed by atoms with Crippen molar-refractivity contribution in [3.05, 3.63) is 0 Å². The van der Waals surface area contributed by atoms with Gasteiger partial charge in [0.05, 0.1) is 6.61 Å². The normalized spacial score (nSPS) is 44.1. The minimum absolute atomic E-state index is 1.00. The van der Waals surface area contributed by atoms with Crippen LogP contribution in [0.4, 0.5) is 61.5 Å². The predicted octanol–water partition coefficient (Wildman–Crippen LogP) is 5.23. The van der Waals surface area contributed by atoms with Gasteiger partial charge in [-0.05, 0) is 13.8 Å². The molecule has 2 saturated carbocycles. The molecular formula is C16H13ClF14O3. The Kier molecular flexibility index (Phi) is 6.29. The summed E-state index contributed by atoms with van der Waals surface area (Å²) in [6, 6.07) is 0. The minimum atomic E-state index is -7.30. The Bertz CT molecular complexity index is 839. The Morgan fingerprint density at radius 3 is 1.62 bits per heavy atom. The summed E-state index contributed by atoms with van der Waals surface area (Å²) >= 11 is 4.96. The highest BCUT2D eigenvalue weighted by atomic mass is 35.5. The third-order valence-electron chi connectivity index (χ3n) is 6.23. The summed E-state index contributed by atoms with van der Waals surface area (Å²) in [5, 5.41) is 0. The fourth-order valence-electron chi connectivity index (χ4n) is 4.28. The number of fused-ring (bicyclic) bond motifs is 2. The smallest absolute Gasteiger partial charge is 0.331 e. The second-order valence-corrected chi connectivity index (χ2v) is 8.13. The number of hydrogen-bond acceptors (Lipinski definition) is 3. The lowest BCUT2D eigenvalue weighted by molar-refractivity contribution is -0.543. The van der Waals surface area contributed by atoms with Crippen molar-refractivity contribution in [1.82, 2.24) is 0 Å². The van der Waals surface area contributed by atoms with E-state index in [1.54, 1.807) is 0 Å². The lowest BCUT2D eigenvalue weighted by Crippen LogP contribution is -3.01. The molecule has 18 heteroatoms. The van der Waals surface area contributed by atoms with Gasteiger partial charge in [0.1, 0.15) is 12.5 Å². The topological polar surface area (TPSA) is 35.5 Å². The summed E-state index contributed by atoms with van der Waals surface area (Å²) in [5.74, 6) is -31.3. The molecule has 0 N–H and O–H groups in total. The minimum Gasteiger partial charge on any atom is -0.462 e. The molecule has 200 valence electrons. The summed E-state index contributed by atoms with van der Waals surface area (Å²) in [6.07, 6.45) is -5.71. The Hall–Kier alpha value is -1.26. The van der Waals surface area contributed by atoms with Crippen LogP contribution in [0.1, 0.15) is 13.8 Å². The first-order valence-corrected chi connectivity index (χ1v) is 9.34. The maximum atomic E-state index is 15.4. The van der Waals surface area contributed by atoms with Crippen LogP contribution < -0.4 is 0 Å². The van der Waals surface area contributed by atoms with Crippen molar-refractivity contribution in [2.45, 2.75) is 72.2 Å². The zero-order valence-electron chi connectivity index (χ0n) is 16.6. The van der Waals surface area contributed by atoms with Crippen molar-refractivity contribution in [3.8, 4) is 0 Å². The van der Waals surface area contributed by atoms with Gasteiger partial charge in [0, 0.05) is 0 Å². The molecule has 0 spiro atoms. The number of alkyl halides is 15. The van der Waals surface area contributed by atoms with E-state index < -0.39 is 97.3 Å². The molecule has 3 nitrogen and oxygen atoms in total. The van der Waals surface area contributed by atoms with E-state index in [1.807, 2.05) is 0 Å². The van der Waals surface area contributed by atoms with Crippen LogP contribution in [0.15, 0.2) is 0 Å². The fraction of sp³-hybridized carbons (Fsp3) is 0.938. The third-order valence-corrected chi connectivity index (χ3v) is 6.45. The second-order valence-electron chi connectivity index (χ2n) is 7.86. The third kappa shape index (κ3) is 2.48. The van der Waals surface area contributed by atoms with Gasteiger partial charge in [0.15, 0.2) is 5.67 Å². The number of hydrogen-bond donors (Lipinski definition) is 0. The molecule has 34 heavy (non-hydrogen) atoms. The monoisotopic (exact) mass is 554 g/mol. The maximum Gasteiger partial charge on any atom is 0.331 e. The highest BCUT2D eigenvalue weighted by molar-refractivity contribution is 6.26. The van der Waals surface area contributed by atoms with Gasteiger partial charge in [-0.15, -0.1) is 11.6 Å². The molecule has 0 heterocycles. The van der Waals surface area contributed by atoms with Crippen LogP contribution in [0.3, 0.4) is 0 Å². The number of ether oxygens (including phenoxy) is 2. The van der Waals surface area contributed by atoms with E-state index >= 15 is 26.3 Å². The van der Waals surface area contributed by atoms with Crippen molar-refractivity contribution in [2.75, 3.05) is 19.1 Å². The van der Waals surface area contributed by atoms with Crippen LogP contribution in [0, 0.1) is 0 Å². The Labute approximate surface area is 185 Å². The van der Waals surface area contributed by atoms with Gasteiger partial charge in [-0.3, -0.25) is 4.79 Å². The van der Waals surface area contributed by atoms with E-state index in [2.05, 4.69) is 9.47 Å². The van der Waals surface area contributed by atoms with E-state index in [1.165, 1.54) is 0 Å². The average molecular weight is 555 g/mol. The highest BCUT2D eigenvalue weighted by Gasteiger charge is 3.11. The molecule has 0 aromatic carbocycles. The first-order valence-electron chi connectivity index (χ1n) is 8.80. The molecule has 5 atom stereocenters. The maximum absolute atomic E-state index is 15.4. The van der Waals surface area contributed by atoms with Gasteiger partial charge in [-0.25, -0.2) is 26.3 Å². The number of carbonyl (C=O) groups excluding carboxylic acids is 1. The van der Waals surface area contributed by atoms with E-state index in [4.69, 9.17) is 11.6 Å². The van der Waals surface area contributed by atoms with Crippen molar-refractivity contribution >= 4 is 17.6 Å². The van der Waals surface area contributed by atoms with Crippen molar-refractivity contribution in [2.24, 2.45) is 0 Å². The molecular weight excluding hydrogens is 542 g/mol. The lowest BCUT2D eigenvalue weighted by Gasteiger charge is -2.69. The van der Waals surface area contributed by atoms with E-state index in [9.17, 15) is 39.9 Å². The summed E-state index contributed by atoms with van der Waals surface area (Å²) in [6.45, 7) is -6.12. The zero-order valence-corrected chi connectivity index (χ0v) is 17.3. The largest absolute Gasteiger partial charge is 0.462 e. The van der Waals surface area contributed by atoms with Crippen molar-refractivity contribution in [1.29, 1.82) is 0 Å². The molecule has 5 unspecified atom stereocenters. The zero-order chi connectivity index (χ0) is 27.2. The summed E-state index contributed by atoms with van der Waals surface area (Å²) < 4.78 is 214. The van der Waals surface area contributed by atoms with Crippen LogP contribution in [-0.4, -0.2) is 83.5 Å². The van der Waals surface area contributed by atoms with Crippen molar-refractivity contribution < 1.29 is 75.7 Å². The SMILES string of the molecule is CC1(F)C(F)(F)C2(F)C(C)(F)C(F)(C(F)F)C(F)(F)C(OCCOC(=O)CCl)(C1(F)F)C2(F)F. The van der Waals surface area contributed by atoms with Crippen molar-refractivity contribution in [3.63, 3.8) is 0 Å². The number of esters is 1. The molecule has 2 aliphatic rings. The molecule has 0 aromatic heterocycles. The first kappa shape index (κ1) is 29.0. The first-order chi connectivity index (χ1) is 14.9. The molecule has 2 bridgehead atoms. The van der Waals surface area contributed by atoms with Crippen LogP contribution in [0.25, 0.3) is 0 Å². The van der Waals surface area contributed by atoms with Crippen LogP contribution in [-0.2, 0) is 14.3 Å². The van der Waals surface area contributed by atoms with E-state index in [-0.39, 0.29) is 0 Å². The van der Waals surface area contributed by atoms with Crippen LogP contribution >= 0.6 is 11.6 Å². The van der Waals surface area contributed by atoms with Gasteiger partial charge in [0.2, 0.25) is 5.67 Å². The molecule has 0 radical (unpaired) electrons. The summed E-state index contributed by atoms with van der Waals surface area (Å²) in [5.41, 5.74) is -33.4. The van der Waals surface area contributed by atoms with Gasteiger partial charge in [0.25, 0.3) is 23.4 Å².